The summed E-state index contributed by atoms with van der Waals surface area (Å²) in [5, 5.41) is 0.737. The fourth-order valence-corrected chi connectivity index (χ4v) is 6.79. The number of hydrogen-bond acceptors (Lipinski definition) is 6. The molecular weight excluding hydrogens is 436 g/mol. The first-order valence-electron chi connectivity index (χ1n) is 11.8. The monoisotopic (exact) mass is 464 g/mol. The minimum absolute atomic E-state index is 0.0186. The van der Waals surface area contributed by atoms with Crippen LogP contribution in [0.3, 0.4) is 0 Å². The van der Waals surface area contributed by atoms with Gasteiger partial charge in [0.05, 0.1) is 25.1 Å². The molecule has 2 aromatic heterocycles. The lowest BCUT2D eigenvalue weighted by molar-refractivity contribution is -0.119. The standard InChI is InChI=1S/C25H28N4O3S/c1-16-13-17-5-2-3-7-19(17)29(16)22(30)15-28-21(14-27-9-11-32-12-10-27)26-24-23(25(28)31)18-6-4-8-20(18)33-24/h2-3,5,7,16H,4,6,8-15H2,1H3. The Morgan fingerprint density at radius 2 is 2.03 bits per heavy atom. The minimum Gasteiger partial charge on any atom is -0.379 e. The van der Waals surface area contributed by atoms with Crippen molar-refractivity contribution in [3.05, 3.63) is 56.4 Å². The van der Waals surface area contributed by atoms with Gasteiger partial charge >= 0.3 is 0 Å². The van der Waals surface area contributed by atoms with Gasteiger partial charge in [-0.3, -0.25) is 19.1 Å². The average Bonchev–Trinajstić information content (AvgIpc) is 3.48. The fraction of sp³-hybridized carbons (Fsp3) is 0.480. The molecule has 3 aliphatic rings. The largest absolute Gasteiger partial charge is 0.379 e. The number of aryl methyl sites for hydroxylation is 2. The number of rotatable bonds is 4. The summed E-state index contributed by atoms with van der Waals surface area (Å²) in [5.41, 5.74) is 3.24. The first-order chi connectivity index (χ1) is 16.1. The van der Waals surface area contributed by atoms with Gasteiger partial charge in [0.1, 0.15) is 17.2 Å². The molecule has 0 radical (unpaired) electrons. The second-order valence-electron chi connectivity index (χ2n) is 9.29. The third-order valence-corrected chi connectivity index (χ3v) is 8.33. The highest BCUT2D eigenvalue weighted by Crippen LogP contribution is 2.35. The number of hydrogen-bond donors (Lipinski definition) is 0. The number of fused-ring (bicyclic) bond motifs is 4. The Hall–Kier alpha value is -2.55. The molecule has 1 aromatic carbocycles. The summed E-state index contributed by atoms with van der Waals surface area (Å²) in [5.74, 6) is 0.633. The lowest BCUT2D eigenvalue weighted by Crippen LogP contribution is -2.42. The predicted octanol–water partition coefficient (Wildman–Crippen LogP) is 2.76. The summed E-state index contributed by atoms with van der Waals surface area (Å²) < 4.78 is 7.14. The van der Waals surface area contributed by atoms with E-state index in [-0.39, 0.29) is 24.1 Å². The van der Waals surface area contributed by atoms with Crippen LogP contribution in [-0.4, -0.2) is 52.7 Å². The number of aromatic nitrogens is 2. The van der Waals surface area contributed by atoms with Gasteiger partial charge in [0, 0.05) is 29.7 Å². The highest BCUT2D eigenvalue weighted by Gasteiger charge is 2.32. The summed E-state index contributed by atoms with van der Waals surface area (Å²) in [6, 6.07) is 8.14. The molecule has 33 heavy (non-hydrogen) atoms. The molecule has 1 atom stereocenters. The summed E-state index contributed by atoms with van der Waals surface area (Å²) >= 11 is 1.66. The second kappa shape index (κ2) is 8.34. The molecule has 1 unspecified atom stereocenters. The number of thiophene rings is 1. The third-order valence-electron chi connectivity index (χ3n) is 7.14. The predicted molar refractivity (Wildman–Crippen MR) is 129 cm³/mol. The van der Waals surface area contributed by atoms with Crippen LogP contribution >= 0.6 is 11.3 Å². The average molecular weight is 465 g/mol. The van der Waals surface area contributed by atoms with Gasteiger partial charge in [-0.1, -0.05) is 18.2 Å². The van der Waals surface area contributed by atoms with Crippen molar-refractivity contribution in [1.82, 2.24) is 14.5 Å². The minimum atomic E-state index is -0.0591. The smallest absolute Gasteiger partial charge is 0.263 e. The molecule has 4 heterocycles. The van der Waals surface area contributed by atoms with Gasteiger partial charge in [-0.25, -0.2) is 4.98 Å². The molecule has 0 N–H and O–H groups in total. The maximum Gasteiger partial charge on any atom is 0.263 e. The first kappa shape index (κ1) is 21.0. The number of para-hydroxylation sites is 1. The van der Waals surface area contributed by atoms with Crippen molar-refractivity contribution in [3.63, 3.8) is 0 Å². The van der Waals surface area contributed by atoms with Crippen molar-refractivity contribution in [3.8, 4) is 0 Å². The number of carbonyl (C=O) groups is 1. The van der Waals surface area contributed by atoms with Crippen molar-refractivity contribution in [1.29, 1.82) is 0 Å². The van der Waals surface area contributed by atoms with Crippen LogP contribution in [0, 0.1) is 0 Å². The van der Waals surface area contributed by atoms with Gasteiger partial charge in [0.15, 0.2) is 0 Å². The van der Waals surface area contributed by atoms with Crippen LogP contribution in [0.5, 0.6) is 0 Å². The topological polar surface area (TPSA) is 67.7 Å². The Labute approximate surface area is 196 Å². The Morgan fingerprint density at radius 1 is 1.21 bits per heavy atom. The molecule has 1 amide bonds. The molecule has 0 bridgehead atoms. The molecule has 7 nitrogen and oxygen atoms in total. The van der Waals surface area contributed by atoms with E-state index < -0.39 is 0 Å². The van der Waals surface area contributed by atoms with Gasteiger partial charge < -0.3 is 9.64 Å². The zero-order valence-corrected chi connectivity index (χ0v) is 19.7. The number of morpholine rings is 1. The van der Waals surface area contributed by atoms with E-state index in [2.05, 4.69) is 17.9 Å². The van der Waals surface area contributed by atoms with E-state index in [4.69, 9.17) is 9.72 Å². The molecule has 172 valence electrons. The first-order valence-corrected chi connectivity index (χ1v) is 12.7. The van der Waals surface area contributed by atoms with E-state index >= 15 is 0 Å². The number of ether oxygens (including phenoxy) is 1. The van der Waals surface area contributed by atoms with Gasteiger partial charge in [-0.05, 0) is 49.8 Å². The van der Waals surface area contributed by atoms with Gasteiger partial charge in [0.2, 0.25) is 5.91 Å². The van der Waals surface area contributed by atoms with Crippen molar-refractivity contribution in [2.75, 3.05) is 31.2 Å². The lowest BCUT2D eigenvalue weighted by Gasteiger charge is -2.28. The Morgan fingerprint density at radius 3 is 2.88 bits per heavy atom. The Kier molecular flexibility index (Phi) is 5.31. The van der Waals surface area contributed by atoms with Crippen molar-refractivity contribution in [2.24, 2.45) is 0 Å². The van der Waals surface area contributed by atoms with E-state index in [0.29, 0.717) is 25.6 Å². The molecule has 0 spiro atoms. The zero-order chi connectivity index (χ0) is 22.5. The number of benzene rings is 1. The van der Waals surface area contributed by atoms with E-state index in [1.807, 2.05) is 23.1 Å². The highest BCUT2D eigenvalue weighted by molar-refractivity contribution is 7.18. The Bertz CT molecular complexity index is 1290. The van der Waals surface area contributed by atoms with Gasteiger partial charge in [-0.2, -0.15) is 0 Å². The number of carbonyl (C=O) groups excluding carboxylic acids is 1. The summed E-state index contributed by atoms with van der Waals surface area (Å²) in [7, 11) is 0. The van der Waals surface area contributed by atoms with E-state index in [1.54, 1.807) is 15.9 Å². The van der Waals surface area contributed by atoms with Crippen LogP contribution in [-0.2, 0) is 41.9 Å². The van der Waals surface area contributed by atoms with Gasteiger partial charge in [-0.15, -0.1) is 11.3 Å². The maximum atomic E-state index is 13.8. The molecule has 1 fully saturated rings. The van der Waals surface area contributed by atoms with Crippen LogP contribution < -0.4 is 10.5 Å². The molecule has 1 saturated heterocycles. The van der Waals surface area contributed by atoms with Crippen molar-refractivity contribution < 1.29 is 9.53 Å². The summed E-state index contributed by atoms with van der Waals surface area (Å²) in [6.07, 6.45) is 3.88. The fourth-order valence-electron chi connectivity index (χ4n) is 5.52. The molecule has 1 aliphatic carbocycles. The van der Waals surface area contributed by atoms with Crippen LogP contribution in [0.25, 0.3) is 10.2 Å². The van der Waals surface area contributed by atoms with Crippen molar-refractivity contribution in [2.45, 2.75) is 51.7 Å². The van der Waals surface area contributed by atoms with Crippen LogP contribution in [0.1, 0.15) is 35.2 Å². The molecule has 0 saturated carbocycles. The van der Waals surface area contributed by atoms with Crippen molar-refractivity contribution >= 4 is 33.1 Å². The lowest BCUT2D eigenvalue weighted by atomic mass is 10.1. The van der Waals surface area contributed by atoms with E-state index in [9.17, 15) is 9.59 Å². The zero-order valence-electron chi connectivity index (χ0n) is 18.9. The quantitative estimate of drug-likeness (QED) is 0.594. The molecule has 2 aliphatic heterocycles. The number of amides is 1. The molecular formula is C25H28N4O3S. The van der Waals surface area contributed by atoms with E-state index in [0.717, 1.165) is 60.2 Å². The highest BCUT2D eigenvalue weighted by atomic mass is 32.1. The van der Waals surface area contributed by atoms with Crippen LogP contribution in [0.4, 0.5) is 5.69 Å². The second-order valence-corrected chi connectivity index (χ2v) is 10.4. The van der Waals surface area contributed by atoms with Crippen LogP contribution in [0.2, 0.25) is 0 Å². The summed E-state index contributed by atoms with van der Waals surface area (Å²) in [6.45, 7) is 5.62. The van der Waals surface area contributed by atoms with E-state index in [1.165, 1.54) is 10.4 Å². The molecule has 6 rings (SSSR count). The van der Waals surface area contributed by atoms with Crippen LogP contribution in [0.15, 0.2) is 29.1 Å². The number of nitrogens with zero attached hydrogens (tertiary/aromatic N) is 4. The Balaban J connectivity index is 1.41. The third kappa shape index (κ3) is 3.61. The van der Waals surface area contributed by atoms with Gasteiger partial charge in [0.25, 0.3) is 5.56 Å². The molecule has 8 heteroatoms. The summed E-state index contributed by atoms with van der Waals surface area (Å²) in [4.78, 5) is 38.6. The maximum absolute atomic E-state index is 13.8. The SMILES string of the molecule is CC1Cc2ccccc2N1C(=O)Cn1c(CN2CCOCC2)nc2sc3c(c2c1=O)CCC3. The normalized spacial score (nSPS) is 20.4. The molecule has 3 aromatic rings. The number of anilines is 1.